The number of nitrogens with two attached hydrogens (primary N) is 1. The summed E-state index contributed by atoms with van der Waals surface area (Å²) in [5.74, 6) is 0.136. The van der Waals surface area contributed by atoms with Crippen molar-refractivity contribution in [1.29, 1.82) is 0 Å². The minimum absolute atomic E-state index is 0.136. The second kappa shape index (κ2) is 3.93. The molecule has 2 heterocycles. The van der Waals surface area contributed by atoms with Crippen LogP contribution >= 0.6 is 11.3 Å². The first-order valence-corrected chi connectivity index (χ1v) is 5.48. The third-order valence-corrected chi connectivity index (χ3v) is 3.15. The molecule has 0 aromatic carbocycles. The summed E-state index contributed by atoms with van der Waals surface area (Å²) >= 11 is 1.43. The van der Waals surface area contributed by atoms with Gasteiger partial charge in [0.1, 0.15) is 10.8 Å². The van der Waals surface area contributed by atoms with E-state index in [1.165, 1.54) is 22.0 Å². The van der Waals surface area contributed by atoms with E-state index in [0.29, 0.717) is 0 Å². The quantitative estimate of drug-likeness (QED) is 0.780. The number of anilines is 1. The summed E-state index contributed by atoms with van der Waals surface area (Å²) in [5, 5.41) is 2.58. The van der Waals surface area contributed by atoms with Crippen molar-refractivity contribution in [1.82, 2.24) is 14.5 Å². The lowest BCUT2D eigenvalue weighted by molar-refractivity contribution is 0.601. The van der Waals surface area contributed by atoms with Gasteiger partial charge in [-0.15, -0.1) is 11.3 Å². The van der Waals surface area contributed by atoms with Crippen molar-refractivity contribution in [2.75, 3.05) is 5.73 Å². The molecule has 6 nitrogen and oxygen atoms in total. The third-order valence-electron chi connectivity index (χ3n) is 2.20. The maximum Gasteiger partial charge on any atom is 0.330 e. The van der Waals surface area contributed by atoms with Gasteiger partial charge in [0.2, 0.25) is 0 Å². The van der Waals surface area contributed by atoms with E-state index in [1.54, 1.807) is 13.1 Å². The Morgan fingerprint density at radius 1 is 1.56 bits per heavy atom. The van der Waals surface area contributed by atoms with Gasteiger partial charge in [-0.2, -0.15) is 0 Å². The van der Waals surface area contributed by atoms with Crippen LogP contribution in [0.1, 0.15) is 18.0 Å². The fourth-order valence-electron chi connectivity index (χ4n) is 1.47. The van der Waals surface area contributed by atoms with Gasteiger partial charge in [-0.3, -0.25) is 14.3 Å². The van der Waals surface area contributed by atoms with Crippen LogP contribution in [0.2, 0.25) is 0 Å². The summed E-state index contributed by atoms with van der Waals surface area (Å²) in [6.07, 6.45) is 1.66. The number of aromatic nitrogens is 3. The minimum Gasteiger partial charge on any atom is -0.385 e. The van der Waals surface area contributed by atoms with Gasteiger partial charge < -0.3 is 5.73 Å². The lowest BCUT2D eigenvalue weighted by atomic mass is 10.3. The van der Waals surface area contributed by atoms with Gasteiger partial charge in [0.05, 0.1) is 6.04 Å². The van der Waals surface area contributed by atoms with Crippen molar-refractivity contribution in [3.05, 3.63) is 43.5 Å². The zero-order valence-corrected chi connectivity index (χ0v) is 9.32. The first-order valence-electron chi connectivity index (χ1n) is 4.60. The van der Waals surface area contributed by atoms with Crippen LogP contribution in [0, 0.1) is 0 Å². The van der Waals surface area contributed by atoms with E-state index in [-0.39, 0.29) is 11.9 Å². The highest BCUT2D eigenvalue weighted by atomic mass is 32.1. The second-order valence-electron chi connectivity index (χ2n) is 3.28. The maximum atomic E-state index is 11.6. The van der Waals surface area contributed by atoms with E-state index < -0.39 is 11.2 Å². The Balaban J connectivity index is 2.57. The average molecular weight is 238 g/mol. The molecule has 2 aromatic rings. The summed E-state index contributed by atoms with van der Waals surface area (Å²) in [7, 11) is 0. The van der Waals surface area contributed by atoms with Gasteiger partial charge in [0, 0.05) is 17.6 Å². The molecule has 1 atom stereocenters. The number of nitrogens with zero attached hydrogens (tertiary/aromatic N) is 2. The predicted octanol–water partition coefficient (Wildman–Crippen LogP) is 0.185. The zero-order chi connectivity index (χ0) is 11.7. The molecule has 0 radical (unpaired) electrons. The van der Waals surface area contributed by atoms with E-state index in [0.717, 1.165) is 5.01 Å². The molecule has 0 bridgehead atoms. The number of nitrogen functional groups attached to an aromatic ring is 1. The van der Waals surface area contributed by atoms with E-state index in [2.05, 4.69) is 9.97 Å². The van der Waals surface area contributed by atoms with Crippen LogP contribution in [0.3, 0.4) is 0 Å². The zero-order valence-electron chi connectivity index (χ0n) is 8.51. The molecule has 16 heavy (non-hydrogen) atoms. The lowest BCUT2D eigenvalue weighted by Gasteiger charge is -2.14. The Labute approximate surface area is 94.4 Å². The van der Waals surface area contributed by atoms with E-state index in [4.69, 9.17) is 5.73 Å². The molecule has 0 fully saturated rings. The van der Waals surface area contributed by atoms with E-state index in [1.807, 2.05) is 5.38 Å². The fraction of sp³-hybridized carbons (Fsp3) is 0.222. The molecule has 84 valence electrons. The average Bonchev–Trinajstić information content (AvgIpc) is 2.67. The van der Waals surface area contributed by atoms with Crippen LogP contribution in [0.15, 0.2) is 27.2 Å². The Kier molecular flexibility index (Phi) is 2.61. The number of hydrogen-bond donors (Lipinski definition) is 2. The molecular formula is C9H10N4O2S. The highest BCUT2D eigenvalue weighted by Gasteiger charge is 2.14. The molecule has 3 N–H and O–H groups in total. The van der Waals surface area contributed by atoms with E-state index in [9.17, 15) is 9.59 Å². The van der Waals surface area contributed by atoms with Crippen molar-refractivity contribution < 1.29 is 0 Å². The van der Waals surface area contributed by atoms with Gasteiger partial charge in [0.25, 0.3) is 5.56 Å². The van der Waals surface area contributed by atoms with Crippen molar-refractivity contribution >= 4 is 17.2 Å². The normalized spacial score (nSPS) is 12.6. The van der Waals surface area contributed by atoms with Gasteiger partial charge in [-0.1, -0.05) is 0 Å². The number of H-pyrrole nitrogens is 1. The summed E-state index contributed by atoms with van der Waals surface area (Å²) in [4.78, 5) is 28.9. The third kappa shape index (κ3) is 1.76. The summed E-state index contributed by atoms with van der Waals surface area (Å²) < 4.78 is 1.31. The molecule has 0 aliphatic heterocycles. The molecular weight excluding hydrogens is 228 g/mol. The Morgan fingerprint density at radius 3 is 2.88 bits per heavy atom. The standard InChI is InChI=1S/C9H10N4O2S/c1-5(8-11-2-3-16-8)13-6(10)4-7(14)12-9(13)15/h2-5H,10H2,1H3,(H,12,14,15). The number of nitrogens with one attached hydrogen (secondary N) is 1. The smallest absolute Gasteiger partial charge is 0.330 e. The molecule has 2 rings (SSSR count). The molecule has 1 unspecified atom stereocenters. The lowest BCUT2D eigenvalue weighted by Crippen LogP contribution is -2.33. The second-order valence-corrected chi connectivity index (χ2v) is 4.21. The SMILES string of the molecule is CC(c1nccs1)n1c(N)cc(=O)[nH]c1=O. The van der Waals surface area contributed by atoms with Crippen molar-refractivity contribution in [3.8, 4) is 0 Å². The molecule has 2 aromatic heterocycles. The Bertz CT molecular complexity index is 599. The fourth-order valence-corrected chi connectivity index (χ4v) is 2.16. The maximum absolute atomic E-state index is 11.6. The molecule has 0 aliphatic carbocycles. The number of aromatic amines is 1. The molecule has 0 amide bonds. The topological polar surface area (TPSA) is 93.8 Å². The first-order chi connectivity index (χ1) is 7.59. The molecule has 7 heteroatoms. The highest BCUT2D eigenvalue weighted by Crippen LogP contribution is 2.19. The van der Waals surface area contributed by atoms with Crippen molar-refractivity contribution in [2.24, 2.45) is 0 Å². The number of hydrogen-bond acceptors (Lipinski definition) is 5. The highest BCUT2D eigenvalue weighted by molar-refractivity contribution is 7.09. The molecule has 0 saturated carbocycles. The molecule has 0 saturated heterocycles. The Hall–Kier alpha value is -1.89. The van der Waals surface area contributed by atoms with Crippen molar-refractivity contribution in [2.45, 2.75) is 13.0 Å². The summed E-state index contributed by atoms with van der Waals surface area (Å²) in [6, 6.07) is 0.898. The Morgan fingerprint density at radius 2 is 2.31 bits per heavy atom. The van der Waals surface area contributed by atoms with Gasteiger partial charge in [-0.25, -0.2) is 9.78 Å². The van der Waals surface area contributed by atoms with Crippen LogP contribution in [0.25, 0.3) is 0 Å². The van der Waals surface area contributed by atoms with Crippen LogP contribution < -0.4 is 17.0 Å². The summed E-state index contributed by atoms with van der Waals surface area (Å²) in [6.45, 7) is 1.80. The molecule has 0 aliphatic rings. The van der Waals surface area contributed by atoms with Crippen LogP contribution in [0.5, 0.6) is 0 Å². The van der Waals surface area contributed by atoms with Gasteiger partial charge >= 0.3 is 5.69 Å². The molecule has 0 spiro atoms. The number of rotatable bonds is 2. The largest absolute Gasteiger partial charge is 0.385 e. The van der Waals surface area contributed by atoms with Gasteiger partial charge in [0.15, 0.2) is 0 Å². The van der Waals surface area contributed by atoms with E-state index >= 15 is 0 Å². The predicted molar refractivity (Wildman–Crippen MR) is 61.7 cm³/mol. The van der Waals surface area contributed by atoms with Crippen LogP contribution in [0.4, 0.5) is 5.82 Å². The first kappa shape index (κ1) is 10.6. The van der Waals surface area contributed by atoms with Crippen LogP contribution in [-0.4, -0.2) is 14.5 Å². The summed E-state index contributed by atoms with van der Waals surface area (Å²) in [5.41, 5.74) is 4.63. The van der Waals surface area contributed by atoms with Crippen LogP contribution in [-0.2, 0) is 0 Å². The monoisotopic (exact) mass is 238 g/mol. The van der Waals surface area contributed by atoms with Crippen molar-refractivity contribution in [3.63, 3.8) is 0 Å². The number of thiazole rings is 1. The van der Waals surface area contributed by atoms with Gasteiger partial charge in [-0.05, 0) is 6.92 Å². The minimum atomic E-state index is -0.521.